The van der Waals surface area contributed by atoms with Crippen LogP contribution in [0, 0.1) is 5.92 Å². The zero-order valence-electron chi connectivity index (χ0n) is 4.22. The van der Waals surface area contributed by atoms with Gasteiger partial charge in [-0.05, 0) is 12.3 Å². The fourth-order valence-corrected chi connectivity index (χ4v) is 0.550. The van der Waals surface area contributed by atoms with Crippen molar-refractivity contribution in [1.82, 2.24) is 0 Å². The van der Waals surface area contributed by atoms with E-state index in [0.717, 1.165) is 6.42 Å². The molecular weight excluding hydrogens is 90.1 g/mol. The minimum Gasteiger partial charge on any atom is -0.211 e. The van der Waals surface area contributed by atoms with E-state index in [1.807, 2.05) is 0 Å². The lowest BCUT2D eigenvalue weighted by Gasteiger charge is -1.71. The highest BCUT2D eigenvalue weighted by atomic mass is 16.1. The molecule has 1 saturated carbocycles. The lowest BCUT2D eigenvalue weighted by molar-refractivity contribution is 0.562. The van der Waals surface area contributed by atoms with E-state index in [9.17, 15) is 4.79 Å². The highest BCUT2D eigenvalue weighted by molar-refractivity contribution is 5.34. The summed E-state index contributed by atoms with van der Waals surface area (Å²) in [6, 6.07) is 0.317. The Hall–Kier alpha value is -0.620. The number of hydrogen-bond acceptors (Lipinski definition) is 2. The maximum Gasteiger partial charge on any atom is 0.235 e. The number of isocyanates is 1. The molecule has 0 saturated heterocycles. The molecule has 2 atom stereocenters. The molecule has 0 radical (unpaired) electrons. The van der Waals surface area contributed by atoms with Crippen molar-refractivity contribution in [1.29, 1.82) is 0 Å². The second kappa shape index (κ2) is 1.47. The van der Waals surface area contributed by atoms with E-state index in [0.29, 0.717) is 12.0 Å². The van der Waals surface area contributed by atoms with Crippen molar-refractivity contribution in [3.63, 3.8) is 0 Å². The van der Waals surface area contributed by atoms with E-state index in [1.54, 1.807) is 0 Å². The molecule has 1 rings (SSSR count). The maximum atomic E-state index is 9.51. The second-order valence-corrected chi connectivity index (χ2v) is 2.00. The van der Waals surface area contributed by atoms with Gasteiger partial charge in [-0.25, -0.2) is 9.79 Å². The molecule has 0 N–H and O–H groups in total. The van der Waals surface area contributed by atoms with Crippen LogP contribution in [-0.4, -0.2) is 12.1 Å². The van der Waals surface area contributed by atoms with Crippen LogP contribution < -0.4 is 0 Å². The second-order valence-electron chi connectivity index (χ2n) is 2.00. The van der Waals surface area contributed by atoms with Gasteiger partial charge in [-0.2, -0.15) is 0 Å². The van der Waals surface area contributed by atoms with Crippen molar-refractivity contribution in [3.05, 3.63) is 0 Å². The van der Waals surface area contributed by atoms with E-state index >= 15 is 0 Å². The predicted octanol–water partition coefficient (Wildman–Crippen LogP) is 0.731. The molecular formula is C5H7NO. The standard InChI is InChI=1S/C5H7NO/c1-4-2-5(4)6-3-7/h4-5H,2H2,1H3/t4-,5+/m1/s1. The van der Waals surface area contributed by atoms with Crippen molar-refractivity contribution < 1.29 is 4.79 Å². The Kier molecular flexibility index (Phi) is 0.953. The van der Waals surface area contributed by atoms with E-state index in [-0.39, 0.29) is 0 Å². The van der Waals surface area contributed by atoms with Crippen LogP contribution in [0.4, 0.5) is 0 Å². The highest BCUT2D eigenvalue weighted by Gasteiger charge is 2.31. The van der Waals surface area contributed by atoms with Gasteiger partial charge in [0.25, 0.3) is 0 Å². The molecule has 0 aromatic heterocycles. The van der Waals surface area contributed by atoms with E-state index in [1.165, 1.54) is 6.08 Å². The molecule has 7 heavy (non-hydrogen) atoms. The third-order valence-corrected chi connectivity index (χ3v) is 1.29. The molecule has 1 aliphatic rings. The first-order chi connectivity index (χ1) is 3.34. The molecule has 2 heteroatoms. The Morgan fingerprint density at radius 3 is 2.57 bits per heavy atom. The first kappa shape index (κ1) is 4.54. The average Bonchev–Trinajstić information content (AvgIpc) is 2.22. The van der Waals surface area contributed by atoms with Crippen LogP contribution in [0.2, 0.25) is 0 Å². The van der Waals surface area contributed by atoms with Gasteiger partial charge in [0.2, 0.25) is 6.08 Å². The van der Waals surface area contributed by atoms with E-state index in [2.05, 4.69) is 11.9 Å². The molecule has 0 aliphatic heterocycles. The fourth-order valence-electron chi connectivity index (χ4n) is 0.550. The summed E-state index contributed by atoms with van der Waals surface area (Å²) in [6.45, 7) is 2.07. The Morgan fingerprint density at radius 2 is 2.43 bits per heavy atom. The molecule has 38 valence electrons. The van der Waals surface area contributed by atoms with E-state index < -0.39 is 0 Å². The van der Waals surface area contributed by atoms with Gasteiger partial charge in [0.05, 0.1) is 6.04 Å². The largest absolute Gasteiger partial charge is 0.235 e. The van der Waals surface area contributed by atoms with Crippen molar-refractivity contribution in [2.24, 2.45) is 10.9 Å². The summed E-state index contributed by atoms with van der Waals surface area (Å²) in [6.07, 6.45) is 2.61. The Labute approximate surface area is 42.3 Å². The molecule has 1 fully saturated rings. The van der Waals surface area contributed by atoms with Crippen molar-refractivity contribution >= 4 is 6.08 Å². The number of hydrogen-bond donors (Lipinski definition) is 0. The maximum absolute atomic E-state index is 9.51. The van der Waals surface area contributed by atoms with Crippen LogP contribution in [-0.2, 0) is 4.79 Å². The SMILES string of the molecule is C[C@@H]1C[C@@H]1N=C=O. The topological polar surface area (TPSA) is 29.4 Å². The van der Waals surface area contributed by atoms with Crippen LogP contribution in [0.3, 0.4) is 0 Å². The molecule has 1 aliphatic carbocycles. The quantitative estimate of drug-likeness (QED) is 0.350. The average molecular weight is 97.1 g/mol. The third kappa shape index (κ3) is 0.875. The van der Waals surface area contributed by atoms with Crippen LogP contribution in [0.1, 0.15) is 13.3 Å². The van der Waals surface area contributed by atoms with Gasteiger partial charge in [-0.1, -0.05) is 6.92 Å². The third-order valence-electron chi connectivity index (χ3n) is 1.29. The summed E-state index contributed by atoms with van der Waals surface area (Å²) in [5.41, 5.74) is 0. The summed E-state index contributed by atoms with van der Waals surface area (Å²) in [5, 5.41) is 0. The Bertz CT molecular complexity index is 115. The lowest BCUT2D eigenvalue weighted by Crippen LogP contribution is -1.74. The summed E-state index contributed by atoms with van der Waals surface area (Å²) in [7, 11) is 0. The van der Waals surface area contributed by atoms with Crippen LogP contribution in [0.25, 0.3) is 0 Å². The zero-order chi connectivity index (χ0) is 5.28. The van der Waals surface area contributed by atoms with Gasteiger partial charge in [0.15, 0.2) is 0 Å². The number of aliphatic imine (C=N–C) groups is 1. The van der Waals surface area contributed by atoms with Gasteiger partial charge >= 0.3 is 0 Å². The first-order valence-corrected chi connectivity index (χ1v) is 2.41. The van der Waals surface area contributed by atoms with Gasteiger partial charge < -0.3 is 0 Å². The van der Waals surface area contributed by atoms with Gasteiger partial charge in [0, 0.05) is 0 Å². The molecule has 2 nitrogen and oxygen atoms in total. The van der Waals surface area contributed by atoms with Crippen LogP contribution in [0.15, 0.2) is 4.99 Å². The van der Waals surface area contributed by atoms with Crippen LogP contribution in [0.5, 0.6) is 0 Å². The number of rotatable bonds is 1. The minimum atomic E-state index is 0.317. The predicted molar refractivity (Wildman–Crippen MR) is 25.7 cm³/mol. The summed E-state index contributed by atoms with van der Waals surface area (Å²) < 4.78 is 0. The molecule has 0 amide bonds. The summed E-state index contributed by atoms with van der Waals surface area (Å²) in [4.78, 5) is 13.0. The zero-order valence-corrected chi connectivity index (χ0v) is 4.22. The fraction of sp³-hybridized carbons (Fsp3) is 0.800. The summed E-state index contributed by atoms with van der Waals surface area (Å²) in [5.74, 6) is 0.640. The van der Waals surface area contributed by atoms with Crippen molar-refractivity contribution in [2.75, 3.05) is 0 Å². The van der Waals surface area contributed by atoms with Gasteiger partial charge in [-0.3, -0.25) is 0 Å². The van der Waals surface area contributed by atoms with Gasteiger partial charge in [0.1, 0.15) is 0 Å². The summed E-state index contributed by atoms with van der Waals surface area (Å²) >= 11 is 0. The van der Waals surface area contributed by atoms with E-state index in [4.69, 9.17) is 0 Å². The number of carbonyl (C=O) groups excluding carboxylic acids is 1. The van der Waals surface area contributed by atoms with Crippen molar-refractivity contribution in [3.8, 4) is 0 Å². The molecule has 0 bridgehead atoms. The smallest absolute Gasteiger partial charge is 0.211 e. The molecule has 0 aromatic rings. The molecule has 0 heterocycles. The monoisotopic (exact) mass is 97.1 g/mol. The van der Waals surface area contributed by atoms with Crippen molar-refractivity contribution in [2.45, 2.75) is 19.4 Å². The highest BCUT2D eigenvalue weighted by Crippen LogP contribution is 2.31. The molecule has 0 spiro atoms. The normalized spacial score (nSPS) is 36.7. The Morgan fingerprint density at radius 1 is 1.86 bits per heavy atom. The minimum absolute atomic E-state index is 0.317. The first-order valence-electron chi connectivity index (χ1n) is 2.41. The molecule has 0 aromatic carbocycles. The lowest BCUT2D eigenvalue weighted by atomic mass is 10.5. The Balaban J connectivity index is 2.34. The van der Waals surface area contributed by atoms with Crippen LogP contribution >= 0.6 is 0 Å². The number of nitrogens with zero attached hydrogens (tertiary/aromatic N) is 1. The molecule has 0 unspecified atom stereocenters. The van der Waals surface area contributed by atoms with Gasteiger partial charge in [-0.15, -0.1) is 0 Å².